The molecule has 0 aliphatic rings. The molecule has 0 saturated carbocycles. The van der Waals surface area contributed by atoms with Crippen LogP contribution in [0.1, 0.15) is 39.1 Å². The van der Waals surface area contributed by atoms with Gasteiger partial charge in [-0.1, -0.05) is 6.92 Å². The predicted molar refractivity (Wildman–Crippen MR) is 58.6 cm³/mol. The van der Waals surface area contributed by atoms with Crippen molar-refractivity contribution in [1.29, 1.82) is 0 Å². The van der Waals surface area contributed by atoms with Crippen molar-refractivity contribution >= 4 is 0 Å². The molecule has 2 unspecified atom stereocenters. The molecule has 0 saturated heterocycles. The maximum atomic E-state index is 10.0. The van der Waals surface area contributed by atoms with Gasteiger partial charge < -0.3 is 14.4 Å². The van der Waals surface area contributed by atoms with Gasteiger partial charge in [-0.2, -0.15) is 0 Å². The third kappa shape index (κ3) is 3.04. The quantitative estimate of drug-likeness (QED) is 0.781. The van der Waals surface area contributed by atoms with E-state index in [4.69, 9.17) is 4.74 Å². The molecule has 0 amide bonds. The minimum atomic E-state index is -0.647. The minimum Gasteiger partial charge on any atom is -0.382 e. The standard InChI is InChI=1S/C11H20N2O2/c1-4-7-13-8-6-12-11(13)10(14)9(3)15-5-2/h6,8-10,14H,4-5,7H2,1-3H3. The molecule has 4 heteroatoms. The van der Waals surface area contributed by atoms with E-state index in [1.54, 1.807) is 6.20 Å². The molecule has 15 heavy (non-hydrogen) atoms. The van der Waals surface area contributed by atoms with Crippen LogP contribution in [0.15, 0.2) is 12.4 Å². The van der Waals surface area contributed by atoms with Crippen molar-refractivity contribution in [3.05, 3.63) is 18.2 Å². The average molecular weight is 212 g/mol. The first-order valence-electron chi connectivity index (χ1n) is 5.51. The van der Waals surface area contributed by atoms with Gasteiger partial charge in [-0.15, -0.1) is 0 Å². The topological polar surface area (TPSA) is 47.3 Å². The van der Waals surface area contributed by atoms with Crippen molar-refractivity contribution in [3.8, 4) is 0 Å². The summed E-state index contributed by atoms with van der Waals surface area (Å²) in [6.07, 6.45) is 3.77. The molecule has 0 aromatic carbocycles. The van der Waals surface area contributed by atoms with Crippen molar-refractivity contribution in [1.82, 2.24) is 9.55 Å². The number of aromatic nitrogens is 2. The van der Waals surface area contributed by atoms with Crippen LogP contribution in [0, 0.1) is 0 Å². The highest BCUT2D eigenvalue weighted by Crippen LogP contribution is 2.17. The van der Waals surface area contributed by atoms with E-state index in [9.17, 15) is 5.11 Å². The van der Waals surface area contributed by atoms with Gasteiger partial charge in [-0.25, -0.2) is 4.98 Å². The molecule has 1 aromatic rings. The van der Waals surface area contributed by atoms with E-state index in [2.05, 4.69) is 11.9 Å². The molecule has 1 rings (SSSR count). The third-order valence-corrected chi connectivity index (χ3v) is 2.35. The van der Waals surface area contributed by atoms with E-state index in [1.807, 2.05) is 24.6 Å². The molecular weight excluding hydrogens is 192 g/mol. The molecular formula is C11H20N2O2. The maximum absolute atomic E-state index is 10.0. The molecule has 1 aromatic heterocycles. The van der Waals surface area contributed by atoms with Gasteiger partial charge in [0.1, 0.15) is 11.9 Å². The second-order valence-electron chi connectivity index (χ2n) is 3.58. The molecule has 4 nitrogen and oxygen atoms in total. The van der Waals surface area contributed by atoms with Crippen LogP contribution in [-0.4, -0.2) is 27.4 Å². The van der Waals surface area contributed by atoms with Crippen LogP contribution in [0.5, 0.6) is 0 Å². The Morgan fingerprint density at radius 3 is 2.87 bits per heavy atom. The predicted octanol–water partition coefficient (Wildman–Crippen LogP) is 1.75. The fourth-order valence-electron chi connectivity index (χ4n) is 1.58. The zero-order valence-electron chi connectivity index (χ0n) is 9.68. The summed E-state index contributed by atoms with van der Waals surface area (Å²) < 4.78 is 7.33. The highest BCUT2D eigenvalue weighted by atomic mass is 16.5. The molecule has 0 fully saturated rings. The number of hydrogen-bond acceptors (Lipinski definition) is 3. The zero-order chi connectivity index (χ0) is 11.3. The van der Waals surface area contributed by atoms with Crippen molar-refractivity contribution in [2.75, 3.05) is 6.61 Å². The normalized spacial score (nSPS) is 15.2. The highest BCUT2D eigenvalue weighted by Gasteiger charge is 2.20. The summed E-state index contributed by atoms with van der Waals surface area (Å²) in [7, 11) is 0. The van der Waals surface area contributed by atoms with Gasteiger partial charge in [0.2, 0.25) is 0 Å². The molecule has 0 spiro atoms. The van der Waals surface area contributed by atoms with E-state index >= 15 is 0 Å². The van der Waals surface area contributed by atoms with Gasteiger partial charge in [0.25, 0.3) is 0 Å². The number of hydrogen-bond donors (Lipinski definition) is 1. The molecule has 2 atom stereocenters. The number of imidazole rings is 1. The van der Waals surface area contributed by atoms with Gasteiger partial charge >= 0.3 is 0 Å². The minimum absolute atomic E-state index is 0.215. The Morgan fingerprint density at radius 2 is 2.27 bits per heavy atom. The molecule has 0 aliphatic carbocycles. The Balaban J connectivity index is 2.71. The molecule has 0 bridgehead atoms. The summed E-state index contributed by atoms with van der Waals surface area (Å²) in [6.45, 7) is 7.36. The first kappa shape index (κ1) is 12.2. The fraction of sp³-hybridized carbons (Fsp3) is 0.727. The van der Waals surface area contributed by atoms with Crippen molar-refractivity contribution in [3.63, 3.8) is 0 Å². The Morgan fingerprint density at radius 1 is 1.53 bits per heavy atom. The molecule has 0 radical (unpaired) electrons. The Bertz CT molecular complexity index is 286. The van der Waals surface area contributed by atoms with Crippen LogP contribution in [0.2, 0.25) is 0 Å². The fourth-order valence-corrected chi connectivity index (χ4v) is 1.58. The third-order valence-electron chi connectivity index (χ3n) is 2.35. The molecule has 86 valence electrons. The first-order chi connectivity index (χ1) is 7.20. The number of rotatable bonds is 6. The second-order valence-corrected chi connectivity index (χ2v) is 3.58. The molecule has 1 heterocycles. The highest BCUT2D eigenvalue weighted by molar-refractivity contribution is 4.98. The lowest BCUT2D eigenvalue weighted by Gasteiger charge is -2.19. The van der Waals surface area contributed by atoms with Gasteiger partial charge in [-0.05, 0) is 20.3 Å². The lowest BCUT2D eigenvalue weighted by molar-refractivity contribution is -0.0281. The van der Waals surface area contributed by atoms with Crippen molar-refractivity contribution in [2.45, 2.75) is 45.9 Å². The summed E-state index contributed by atoms with van der Waals surface area (Å²) in [6, 6.07) is 0. The largest absolute Gasteiger partial charge is 0.382 e. The smallest absolute Gasteiger partial charge is 0.140 e. The van der Waals surface area contributed by atoms with Crippen molar-refractivity contribution < 1.29 is 9.84 Å². The maximum Gasteiger partial charge on any atom is 0.140 e. The van der Waals surface area contributed by atoms with Crippen molar-refractivity contribution in [2.24, 2.45) is 0 Å². The van der Waals surface area contributed by atoms with E-state index < -0.39 is 6.10 Å². The van der Waals surface area contributed by atoms with Gasteiger partial charge in [0.15, 0.2) is 0 Å². The average Bonchev–Trinajstić information content (AvgIpc) is 2.66. The van der Waals surface area contributed by atoms with Crippen LogP contribution in [0.3, 0.4) is 0 Å². The van der Waals surface area contributed by atoms with E-state index in [0.717, 1.165) is 13.0 Å². The lowest BCUT2D eigenvalue weighted by Crippen LogP contribution is -2.22. The lowest BCUT2D eigenvalue weighted by atomic mass is 10.2. The summed E-state index contributed by atoms with van der Waals surface area (Å²) in [5, 5.41) is 10.0. The van der Waals surface area contributed by atoms with E-state index in [-0.39, 0.29) is 6.10 Å². The van der Waals surface area contributed by atoms with Crippen LogP contribution in [-0.2, 0) is 11.3 Å². The monoisotopic (exact) mass is 212 g/mol. The van der Waals surface area contributed by atoms with E-state index in [0.29, 0.717) is 12.4 Å². The number of nitrogens with zero attached hydrogens (tertiary/aromatic N) is 2. The van der Waals surface area contributed by atoms with Crippen LogP contribution in [0.4, 0.5) is 0 Å². The Labute approximate surface area is 90.9 Å². The molecule has 1 N–H and O–H groups in total. The summed E-state index contributed by atoms with van der Waals surface area (Å²) >= 11 is 0. The number of aliphatic hydroxyl groups is 1. The summed E-state index contributed by atoms with van der Waals surface area (Å²) in [4.78, 5) is 4.17. The Kier molecular flexibility index (Phi) is 4.78. The number of aliphatic hydroxyl groups excluding tert-OH is 1. The second kappa shape index (κ2) is 5.88. The van der Waals surface area contributed by atoms with Gasteiger partial charge in [0, 0.05) is 25.5 Å². The first-order valence-corrected chi connectivity index (χ1v) is 5.51. The van der Waals surface area contributed by atoms with E-state index in [1.165, 1.54) is 0 Å². The van der Waals surface area contributed by atoms with Gasteiger partial charge in [-0.3, -0.25) is 0 Å². The van der Waals surface area contributed by atoms with Crippen LogP contribution >= 0.6 is 0 Å². The summed E-state index contributed by atoms with van der Waals surface area (Å²) in [5.74, 6) is 0.692. The SMILES string of the molecule is CCCn1ccnc1C(O)C(C)OCC. The summed E-state index contributed by atoms with van der Waals surface area (Å²) in [5.41, 5.74) is 0. The number of aryl methyl sites for hydroxylation is 1. The Hall–Kier alpha value is -0.870. The van der Waals surface area contributed by atoms with Crippen LogP contribution in [0.25, 0.3) is 0 Å². The zero-order valence-corrected chi connectivity index (χ0v) is 9.68. The molecule has 0 aliphatic heterocycles. The van der Waals surface area contributed by atoms with Crippen LogP contribution < -0.4 is 0 Å². The number of ether oxygens (including phenoxy) is 1. The van der Waals surface area contributed by atoms with Gasteiger partial charge in [0.05, 0.1) is 6.10 Å².